The summed E-state index contributed by atoms with van der Waals surface area (Å²) in [5, 5.41) is 4.10. The summed E-state index contributed by atoms with van der Waals surface area (Å²) in [6, 6.07) is 13.7. The fraction of sp³-hybridized carbons (Fsp3) is 0.200. The molecule has 2 aliphatic heterocycles. The zero-order chi connectivity index (χ0) is 19.7. The van der Waals surface area contributed by atoms with E-state index < -0.39 is 12.1 Å². The highest BCUT2D eigenvalue weighted by atomic mass is 16.6. The van der Waals surface area contributed by atoms with E-state index in [1.807, 2.05) is 0 Å². The molecule has 0 aromatic heterocycles. The van der Waals surface area contributed by atoms with Crippen LogP contribution in [0.3, 0.4) is 0 Å². The van der Waals surface area contributed by atoms with Gasteiger partial charge in [0.05, 0.1) is 30.5 Å². The summed E-state index contributed by atoms with van der Waals surface area (Å²) in [6.45, 7) is -0.000355. The number of fused-ring (bicyclic) bond motifs is 1. The number of nitrogens with one attached hydrogen (secondary N) is 1. The van der Waals surface area contributed by atoms with Gasteiger partial charge in [0, 0.05) is 6.42 Å². The Kier molecular flexibility index (Phi) is 4.52. The minimum Gasteiger partial charge on any atom is -0.497 e. The van der Waals surface area contributed by atoms with Crippen LogP contribution in [0.5, 0.6) is 5.75 Å². The van der Waals surface area contributed by atoms with Crippen LogP contribution in [0.4, 0.5) is 5.69 Å². The molecule has 0 aliphatic carbocycles. The monoisotopic (exact) mass is 379 g/mol. The van der Waals surface area contributed by atoms with E-state index >= 15 is 0 Å². The first-order chi connectivity index (χ1) is 13.6. The number of hydrogen-bond acceptors (Lipinski definition) is 7. The van der Waals surface area contributed by atoms with E-state index in [-0.39, 0.29) is 30.5 Å². The Morgan fingerprint density at radius 2 is 1.71 bits per heavy atom. The number of hydrazone groups is 1. The number of methoxy groups -OCH3 is 1. The Bertz CT molecular complexity index is 949. The number of esters is 1. The lowest BCUT2D eigenvalue weighted by atomic mass is 10.1. The third-order valence-corrected chi connectivity index (χ3v) is 4.60. The van der Waals surface area contributed by atoms with Crippen LogP contribution >= 0.6 is 0 Å². The zero-order valence-electron chi connectivity index (χ0n) is 15.0. The van der Waals surface area contributed by atoms with Gasteiger partial charge in [-0.1, -0.05) is 12.1 Å². The molecule has 0 spiro atoms. The molecule has 1 unspecified atom stereocenters. The molecule has 4 rings (SSSR count). The van der Waals surface area contributed by atoms with E-state index in [4.69, 9.17) is 9.47 Å². The maximum absolute atomic E-state index is 12.4. The quantitative estimate of drug-likeness (QED) is 0.485. The van der Waals surface area contributed by atoms with Crippen molar-refractivity contribution in [2.24, 2.45) is 5.10 Å². The highest BCUT2D eigenvalue weighted by Gasteiger charge is 2.40. The minimum absolute atomic E-state index is 0.000355. The minimum atomic E-state index is -0.619. The van der Waals surface area contributed by atoms with Gasteiger partial charge in [-0.3, -0.25) is 19.9 Å². The van der Waals surface area contributed by atoms with E-state index in [2.05, 4.69) is 10.5 Å². The van der Waals surface area contributed by atoms with Crippen molar-refractivity contribution >= 4 is 29.2 Å². The second-order valence-corrected chi connectivity index (χ2v) is 6.40. The Balaban J connectivity index is 1.41. The highest BCUT2D eigenvalue weighted by molar-refractivity contribution is 6.38. The molecular formula is C20H17N3O5. The number of cyclic esters (lactones) is 1. The molecule has 142 valence electrons. The summed E-state index contributed by atoms with van der Waals surface area (Å²) < 4.78 is 10.4. The number of hydrogen-bond donors (Lipinski definition) is 1. The number of rotatable bonds is 5. The van der Waals surface area contributed by atoms with E-state index in [0.29, 0.717) is 22.6 Å². The molecule has 0 radical (unpaired) electrons. The van der Waals surface area contributed by atoms with Gasteiger partial charge in [0.25, 0.3) is 11.8 Å². The first kappa shape index (κ1) is 17.7. The number of benzene rings is 2. The molecule has 8 heteroatoms. The number of anilines is 1. The van der Waals surface area contributed by atoms with Crippen molar-refractivity contribution < 1.29 is 23.9 Å². The van der Waals surface area contributed by atoms with Crippen molar-refractivity contribution in [3.8, 4) is 5.75 Å². The Labute approximate surface area is 160 Å². The van der Waals surface area contributed by atoms with Crippen LogP contribution in [0, 0.1) is 0 Å². The third kappa shape index (κ3) is 3.20. The number of nitrogens with zero attached hydrogens (tertiary/aromatic N) is 2. The molecule has 2 heterocycles. The molecule has 2 aromatic rings. The molecule has 0 saturated carbocycles. The van der Waals surface area contributed by atoms with E-state index in [9.17, 15) is 14.4 Å². The average molecular weight is 379 g/mol. The van der Waals surface area contributed by atoms with Crippen LogP contribution in [-0.2, 0) is 9.53 Å². The summed E-state index contributed by atoms with van der Waals surface area (Å²) >= 11 is 0. The molecule has 8 nitrogen and oxygen atoms in total. The maximum atomic E-state index is 12.4. The van der Waals surface area contributed by atoms with Crippen LogP contribution < -0.4 is 10.2 Å². The van der Waals surface area contributed by atoms with Crippen LogP contribution in [0.25, 0.3) is 0 Å². The molecular weight excluding hydrogens is 362 g/mol. The van der Waals surface area contributed by atoms with Crippen molar-refractivity contribution in [3.05, 3.63) is 59.7 Å². The van der Waals surface area contributed by atoms with Gasteiger partial charge in [-0.05, 0) is 36.4 Å². The zero-order valence-corrected chi connectivity index (χ0v) is 15.0. The van der Waals surface area contributed by atoms with Crippen LogP contribution in [0.2, 0.25) is 0 Å². The van der Waals surface area contributed by atoms with Gasteiger partial charge in [0.1, 0.15) is 17.6 Å². The van der Waals surface area contributed by atoms with Crippen molar-refractivity contribution in [2.45, 2.75) is 12.5 Å². The maximum Gasteiger partial charge on any atom is 0.354 e. The largest absolute Gasteiger partial charge is 0.497 e. The standard InChI is InChI=1S/C20H17N3O5/c1-27-13-8-6-12(7-9-13)21-22-17-10-14(28-20(17)26)11-23-18(24)15-4-2-3-5-16(15)19(23)25/h2-9,14,21H,10-11H2,1H3/b22-17+. The lowest BCUT2D eigenvalue weighted by Gasteiger charge is -2.17. The van der Waals surface area contributed by atoms with E-state index in [1.165, 1.54) is 0 Å². The fourth-order valence-electron chi connectivity index (χ4n) is 3.16. The highest BCUT2D eigenvalue weighted by Crippen LogP contribution is 2.25. The SMILES string of the molecule is COc1ccc(N/N=C2\CC(CN3C(=O)c4ccccc4C3=O)OC2=O)cc1. The Morgan fingerprint density at radius 1 is 1.07 bits per heavy atom. The Morgan fingerprint density at radius 3 is 2.32 bits per heavy atom. The van der Waals surface area contributed by atoms with Gasteiger partial charge in [-0.2, -0.15) is 5.10 Å². The molecule has 1 fully saturated rings. The second kappa shape index (κ2) is 7.15. The number of imide groups is 1. The van der Waals surface area contributed by atoms with Gasteiger partial charge in [0.2, 0.25) is 0 Å². The van der Waals surface area contributed by atoms with Crippen LogP contribution in [-0.4, -0.2) is 48.2 Å². The molecule has 1 atom stereocenters. The van der Waals surface area contributed by atoms with Crippen molar-refractivity contribution in [2.75, 3.05) is 19.1 Å². The predicted molar refractivity (Wildman–Crippen MR) is 100 cm³/mol. The van der Waals surface area contributed by atoms with Crippen molar-refractivity contribution in [1.29, 1.82) is 0 Å². The lowest BCUT2D eigenvalue weighted by Crippen LogP contribution is -2.36. The van der Waals surface area contributed by atoms with E-state index in [0.717, 1.165) is 4.90 Å². The molecule has 1 saturated heterocycles. The lowest BCUT2D eigenvalue weighted by molar-refractivity contribution is -0.137. The number of ether oxygens (including phenoxy) is 2. The number of carbonyl (C=O) groups is 3. The van der Waals surface area contributed by atoms with Gasteiger partial charge >= 0.3 is 5.97 Å². The summed E-state index contributed by atoms with van der Waals surface area (Å²) in [4.78, 5) is 38.0. The van der Waals surface area contributed by atoms with Gasteiger partial charge in [-0.15, -0.1) is 0 Å². The smallest absolute Gasteiger partial charge is 0.354 e. The van der Waals surface area contributed by atoms with Crippen LogP contribution in [0.1, 0.15) is 27.1 Å². The molecule has 2 aliphatic rings. The summed E-state index contributed by atoms with van der Waals surface area (Å²) in [5.41, 5.74) is 4.42. The van der Waals surface area contributed by atoms with Gasteiger partial charge in [0.15, 0.2) is 0 Å². The van der Waals surface area contributed by atoms with Crippen LogP contribution in [0.15, 0.2) is 53.6 Å². The molecule has 28 heavy (non-hydrogen) atoms. The molecule has 1 N–H and O–H groups in total. The normalized spacial score (nSPS) is 19.8. The van der Waals surface area contributed by atoms with E-state index in [1.54, 1.807) is 55.6 Å². The summed E-state index contributed by atoms with van der Waals surface area (Å²) in [5.74, 6) is -0.612. The summed E-state index contributed by atoms with van der Waals surface area (Å²) in [6.07, 6.45) is -0.416. The molecule has 2 aromatic carbocycles. The average Bonchev–Trinajstić information content (AvgIpc) is 3.19. The topological polar surface area (TPSA) is 97.3 Å². The number of amides is 2. The van der Waals surface area contributed by atoms with Crippen molar-refractivity contribution in [3.63, 3.8) is 0 Å². The first-order valence-corrected chi connectivity index (χ1v) is 8.69. The van der Waals surface area contributed by atoms with Gasteiger partial charge in [-0.25, -0.2) is 4.79 Å². The van der Waals surface area contributed by atoms with Gasteiger partial charge < -0.3 is 9.47 Å². The summed E-state index contributed by atoms with van der Waals surface area (Å²) in [7, 11) is 1.58. The Hall–Kier alpha value is -3.68. The molecule has 0 bridgehead atoms. The first-order valence-electron chi connectivity index (χ1n) is 8.69. The number of carbonyl (C=O) groups excluding carboxylic acids is 3. The molecule has 2 amide bonds. The fourth-order valence-corrected chi connectivity index (χ4v) is 3.16. The predicted octanol–water partition coefficient (Wildman–Crippen LogP) is 2.07. The van der Waals surface area contributed by atoms with Crippen molar-refractivity contribution in [1.82, 2.24) is 4.90 Å². The second-order valence-electron chi connectivity index (χ2n) is 6.40. The third-order valence-electron chi connectivity index (χ3n) is 4.60.